The number of hydrogen-bond acceptors (Lipinski definition) is 3. The molecule has 0 radical (unpaired) electrons. The Morgan fingerprint density at radius 2 is 1.90 bits per heavy atom. The van der Waals surface area contributed by atoms with Gasteiger partial charge in [-0.15, -0.1) is 11.3 Å². The summed E-state index contributed by atoms with van der Waals surface area (Å²) in [4.78, 5) is 28.4. The van der Waals surface area contributed by atoms with E-state index < -0.39 is 0 Å². The number of piperidine rings is 1. The molecule has 1 fully saturated rings. The van der Waals surface area contributed by atoms with Crippen LogP contribution in [0.3, 0.4) is 0 Å². The Hall–Kier alpha value is -2.14. The zero-order valence-electron chi connectivity index (χ0n) is 17.7. The number of carbonyl (C=O) groups excluding carboxylic acids is 2. The lowest BCUT2D eigenvalue weighted by Crippen LogP contribution is -2.46. The van der Waals surface area contributed by atoms with E-state index in [0.717, 1.165) is 36.2 Å². The number of amides is 2. The predicted octanol–water partition coefficient (Wildman–Crippen LogP) is 5.12. The normalized spacial score (nSPS) is 17.9. The molecule has 2 unspecified atom stereocenters. The predicted molar refractivity (Wildman–Crippen MR) is 119 cm³/mol. The first kappa shape index (κ1) is 21.6. The molecule has 2 aromatic rings. The van der Waals surface area contributed by atoms with Crippen LogP contribution in [0.4, 0.5) is 0 Å². The molecule has 2 atom stereocenters. The van der Waals surface area contributed by atoms with Gasteiger partial charge >= 0.3 is 0 Å². The fourth-order valence-corrected chi connectivity index (χ4v) is 4.70. The minimum absolute atomic E-state index is 0.0466. The van der Waals surface area contributed by atoms with Gasteiger partial charge in [0, 0.05) is 24.4 Å². The molecule has 1 aliphatic rings. The quantitative estimate of drug-likeness (QED) is 0.686. The van der Waals surface area contributed by atoms with Gasteiger partial charge in [0.05, 0.1) is 12.0 Å². The first-order valence-corrected chi connectivity index (χ1v) is 11.6. The van der Waals surface area contributed by atoms with Crippen molar-refractivity contribution < 1.29 is 9.59 Å². The zero-order chi connectivity index (χ0) is 20.8. The van der Waals surface area contributed by atoms with Crippen LogP contribution in [0, 0.1) is 5.92 Å². The summed E-state index contributed by atoms with van der Waals surface area (Å²) in [5.74, 6) is 0.559. The lowest BCUT2D eigenvalue weighted by Gasteiger charge is -2.33. The lowest BCUT2D eigenvalue weighted by atomic mass is 9.95. The highest BCUT2D eigenvalue weighted by Gasteiger charge is 2.30. The average Bonchev–Trinajstić information content (AvgIpc) is 3.27. The molecule has 0 saturated carbocycles. The van der Waals surface area contributed by atoms with Crippen LogP contribution in [0.15, 0.2) is 41.8 Å². The molecule has 1 N–H and O–H groups in total. The molecule has 0 bridgehead atoms. The summed E-state index contributed by atoms with van der Waals surface area (Å²) in [6.07, 6.45) is 3.14. The minimum Gasteiger partial charge on any atom is -0.344 e. The molecule has 1 aromatic heterocycles. The van der Waals surface area contributed by atoms with Crippen molar-refractivity contribution in [1.82, 2.24) is 10.2 Å². The fraction of sp³-hybridized carbons (Fsp3) is 0.500. The molecular weight excluding hydrogens is 380 g/mol. The number of benzene rings is 1. The van der Waals surface area contributed by atoms with Crippen LogP contribution in [0.1, 0.15) is 74.4 Å². The Balaban J connectivity index is 1.74. The van der Waals surface area contributed by atoms with Gasteiger partial charge in [-0.2, -0.15) is 0 Å². The van der Waals surface area contributed by atoms with Crippen LogP contribution < -0.4 is 5.32 Å². The van der Waals surface area contributed by atoms with Crippen molar-refractivity contribution in [3.8, 4) is 0 Å². The van der Waals surface area contributed by atoms with E-state index >= 15 is 0 Å². The number of thiophene rings is 1. The summed E-state index contributed by atoms with van der Waals surface area (Å²) in [5.41, 5.74) is 2.39. The minimum atomic E-state index is -0.148. The Morgan fingerprint density at radius 1 is 1.17 bits per heavy atom. The van der Waals surface area contributed by atoms with E-state index in [-0.39, 0.29) is 23.8 Å². The number of rotatable bonds is 7. The fourth-order valence-electron chi connectivity index (χ4n) is 3.90. The van der Waals surface area contributed by atoms with E-state index in [2.05, 4.69) is 49.5 Å². The monoisotopic (exact) mass is 412 g/mol. The largest absolute Gasteiger partial charge is 0.344 e. The van der Waals surface area contributed by atoms with Crippen molar-refractivity contribution in [2.45, 2.75) is 58.4 Å². The first-order chi connectivity index (χ1) is 14.0. The van der Waals surface area contributed by atoms with E-state index in [1.54, 1.807) is 11.3 Å². The summed E-state index contributed by atoms with van der Waals surface area (Å²) in [6.45, 7) is 7.69. The van der Waals surface area contributed by atoms with Crippen LogP contribution in [0.25, 0.3) is 0 Å². The summed E-state index contributed by atoms with van der Waals surface area (Å²) in [6, 6.07) is 12.5. The van der Waals surface area contributed by atoms with Gasteiger partial charge < -0.3 is 10.2 Å². The van der Waals surface area contributed by atoms with E-state index in [9.17, 15) is 9.59 Å². The maximum Gasteiger partial charge on any atom is 0.225 e. The molecule has 1 saturated heterocycles. The number of carbonyl (C=O) groups is 2. The summed E-state index contributed by atoms with van der Waals surface area (Å²) in [7, 11) is 0. The van der Waals surface area contributed by atoms with Gasteiger partial charge in [0.25, 0.3) is 0 Å². The van der Waals surface area contributed by atoms with Gasteiger partial charge in [0.2, 0.25) is 11.8 Å². The van der Waals surface area contributed by atoms with Crippen molar-refractivity contribution in [2.75, 3.05) is 13.1 Å². The second-order valence-corrected chi connectivity index (χ2v) is 9.19. The average molecular weight is 413 g/mol. The van der Waals surface area contributed by atoms with Crippen molar-refractivity contribution in [2.24, 2.45) is 5.92 Å². The van der Waals surface area contributed by atoms with Gasteiger partial charge in [0.1, 0.15) is 0 Å². The van der Waals surface area contributed by atoms with Crippen LogP contribution >= 0.6 is 11.3 Å². The topological polar surface area (TPSA) is 49.4 Å². The summed E-state index contributed by atoms with van der Waals surface area (Å²) >= 11 is 1.66. The molecule has 4 nitrogen and oxygen atoms in total. The number of nitrogens with one attached hydrogen (secondary N) is 1. The van der Waals surface area contributed by atoms with Gasteiger partial charge in [-0.05, 0) is 47.8 Å². The molecule has 1 aliphatic heterocycles. The first-order valence-electron chi connectivity index (χ1n) is 10.7. The highest BCUT2D eigenvalue weighted by molar-refractivity contribution is 7.10. The molecule has 5 heteroatoms. The molecule has 0 spiro atoms. The highest BCUT2D eigenvalue weighted by atomic mass is 32.1. The molecule has 2 heterocycles. The Morgan fingerprint density at radius 3 is 2.52 bits per heavy atom. The summed E-state index contributed by atoms with van der Waals surface area (Å²) in [5, 5.41) is 5.32. The molecule has 156 valence electrons. The molecule has 29 heavy (non-hydrogen) atoms. The third-order valence-corrected chi connectivity index (χ3v) is 6.60. The zero-order valence-corrected chi connectivity index (χ0v) is 18.5. The van der Waals surface area contributed by atoms with Crippen molar-refractivity contribution in [3.05, 3.63) is 57.8 Å². The smallest absolute Gasteiger partial charge is 0.225 e. The van der Waals surface area contributed by atoms with Crippen molar-refractivity contribution in [1.29, 1.82) is 0 Å². The number of nitrogens with zero attached hydrogens (tertiary/aromatic N) is 1. The van der Waals surface area contributed by atoms with Gasteiger partial charge in [-0.3, -0.25) is 9.59 Å². The molecule has 0 aliphatic carbocycles. The van der Waals surface area contributed by atoms with E-state index in [1.807, 2.05) is 23.3 Å². The SMILES string of the molecule is CCCC(=O)N1CCCC(C(=O)NC(c2ccc(C(C)C)cc2)c2cccs2)C1. The second-order valence-electron chi connectivity index (χ2n) is 8.21. The highest BCUT2D eigenvalue weighted by Crippen LogP contribution is 2.29. The van der Waals surface area contributed by atoms with Crippen molar-refractivity contribution in [3.63, 3.8) is 0 Å². The Kier molecular flexibility index (Phi) is 7.48. The Labute approximate surface area is 178 Å². The van der Waals surface area contributed by atoms with Crippen LogP contribution in [-0.4, -0.2) is 29.8 Å². The van der Waals surface area contributed by atoms with Gasteiger partial charge in [0.15, 0.2) is 0 Å². The second kappa shape index (κ2) is 10.1. The van der Waals surface area contributed by atoms with Gasteiger partial charge in [-0.1, -0.05) is 51.1 Å². The summed E-state index contributed by atoms with van der Waals surface area (Å²) < 4.78 is 0. The molecule has 2 amide bonds. The maximum atomic E-state index is 13.1. The number of hydrogen-bond donors (Lipinski definition) is 1. The molecule has 1 aromatic carbocycles. The third kappa shape index (κ3) is 5.47. The van der Waals surface area contributed by atoms with Crippen LogP contribution in [0.2, 0.25) is 0 Å². The Bertz CT molecular complexity index is 799. The van der Waals surface area contributed by atoms with Crippen molar-refractivity contribution >= 4 is 23.2 Å². The third-order valence-electron chi connectivity index (χ3n) is 5.66. The van der Waals surface area contributed by atoms with Crippen LogP contribution in [-0.2, 0) is 9.59 Å². The number of likely N-dealkylation sites (tertiary alicyclic amines) is 1. The molecule has 3 rings (SSSR count). The van der Waals surface area contributed by atoms with Crippen LogP contribution in [0.5, 0.6) is 0 Å². The van der Waals surface area contributed by atoms with Gasteiger partial charge in [-0.25, -0.2) is 0 Å². The standard InChI is InChI=1S/C24H32N2O2S/c1-4-7-22(27)26-14-5-8-20(16-26)24(28)25-23(21-9-6-15-29-21)19-12-10-18(11-13-19)17(2)3/h6,9-13,15,17,20,23H,4-5,7-8,14,16H2,1-3H3,(H,25,28). The van der Waals surface area contributed by atoms with E-state index in [1.165, 1.54) is 5.56 Å². The lowest BCUT2D eigenvalue weighted by molar-refractivity contribution is -0.135. The van der Waals surface area contributed by atoms with E-state index in [0.29, 0.717) is 18.9 Å². The van der Waals surface area contributed by atoms with E-state index in [4.69, 9.17) is 0 Å². The molecular formula is C24H32N2O2S. The maximum absolute atomic E-state index is 13.1.